The highest BCUT2D eigenvalue weighted by Gasteiger charge is 2.18. The molecule has 0 aromatic heterocycles. The lowest BCUT2D eigenvalue weighted by Gasteiger charge is -2.03. The predicted molar refractivity (Wildman–Crippen MR) is 55.2 cm³/mol. The smallest absolute Gasteiger partial charge is 0.228 e. The van der Waals surface area contributed by atoms with Crippen molar-refractivity contribution in [3.63, 3.8) is 0 Å². The van der Waals surface area contributed by atoms with Gasteiger partial charge in [-0.2, -0.15) is 0 Å². The molecule has 0 unspecified atom stereocenters. The summed E-state index contributed by atoms with van der Waals surface area (Å²) in [4.78, 5) is 22.9. The number of benzene rings is 1. The maximum atomic E-state index is 12.8. The van der Waals surface area contributed by atoms with Gasteiger partial charge in [-0.15, -0.1) is 0 Å². The van der Waals surface area contributed by atoms with Crippen LogP contribution < -0.4 is 0 Å². The van der Waals surface area contributed by atoms with E-state index in [0.717, 1.165) is 18.2 Å². The van der Waals surface area contributed by atoms with E-state index >= 15 is 0 Å². The second kappa shape index (κ2) is 4.96. The van der Waals surface area contributed by atoms with Crippen molar-refractivity contribution in [1.29, 1.82) is 0 Å². The first-order valence-electron chi connectivity index (χ1n) is 4.94. The van der Waals surface area contributed by atoms with Crippen LogP contribution in [0.15, 0.2) is 18.2 Å². The average molecular weight is 226 g/mol. The molecule has 1 rings (SSSR count). The van der Waals surface area contributed by atoms with E-state index in [0.29, 0.717) is 0 Å². The number of rotatable bonds is 4. The molecule has 4 heteroatoms. The molecule has 0 saturated carbocycles. The van der Waals surface area contributed by atoms with Crippen molar-refractivity contribution >= 4 is 11.6 Å². The van der Waals surface area contributed by atoms with Crippen LogP contribution in [0.5, 0.6) is 0 Å². The molecule has 0 N–H and O–H groups in total. The van der Waals surface area contributed by atoms with Crippen molar-refractivity contribution in [3.8, 4) is 0 Å². The maximum Gasteiger partial charge on any atom is 0.228 e. The largest absolute Gasteiger partial charge is 0.290 e. The van der Waals surface area contributed by atoms with Crippen LogP contribution >= 0.6 is 0 Å². The van der Waals surface area contributed by atoms with Gasteiger partial charge in [0.1, 0.15) is 0 Å². The number of hydrogen-bond acceptors (Lipinski definition) is 2. The van der Waals surface area contributed by atoms with E-state index in [9.17, 15) is 18.4 Å². The number of Topliss-reactive ketones (excluding diaryl/α,β-unsaturated/α-hetero) is 2. The molecule has 2 nitrogen and oxygen atoms in total. The first-order valence-corrected chi connectivity index (χ1v) is 4.94. The summed E-state index contributed by atoms with van der Waals surface area (Å²) in [6, 6.07) is 2.69. The van der Waals surface area contributed by atoms with Gasteiger partial charge in [0.15, 0.2) is 11.6 Å². The summed E-state index contributed by atoms with van der Waals surface area (Å²) in [5, 5.41) is 0. The Morgan fingerprint density at radius 1 is 1.19 bits per heavy atom. The van der Waals surface area contributed by atoms with Crippen LogP contribution in [-0.2, 0) is 4.79 Å². The summed E-state index contributed by atoms with van der Waals surface area (Å²) < 4.78 is 25.4. The van der Waals surface area contributed by atoms with Gasteiger partial charge < -0.3 is 0 Å². The van der Waals surface area contributed by atoms with Gasteiger partial charge >= 0.3 is 0 Å². The van der Waals surface area contributed by atoms with Gasteiger partial charge in [-0.3, -0.25) is 9.59 Å². The summed E-state index contributed by atoms with van der Waals surface area (Å²) in [5.41, 5.74) is -0.107. The quantitative estimate of drug-likeness (QED) is 0.584. The van der Waals surface area contributed by atoms with Crippen LogP contribution in [0.1, 0.15) is 30.6 Å². The molecule has 0 bridgehead atoms. The Balaban J connectivity index is 2.88. The van der Waals surface area contributed by atoms with E-state index < -0.39 is 23.2 Å². The lowest BCUT2D eigenvalue weighted by molar-refractivity contribution is -0.115. The van der Waals surface area contributed by atoms with E-state index in [4.69, 9.17) is 0 Å². The topological polar surface area (TPSA) is 34.1 Å². The molecule has 16 heavy (non-hydrogen) atoms. The zero-order valence-electron chi connectivity index (χ0n) is 9.09. The highest BCUT2D eigenvalue weighted by atomic mass is 19.2. The molecule has 0 saturated heterocycles. The van der Waals surface area contributed by atoms with E-state index in [1.54, 1.807) is 13.8 Å². The Morgan fingerprint density at radius 3 is 2.31 bits per heavy atom. The summed E-state index contributed by atoms with van der Waals surface area (Å²) in [6.45, 7) is 3.60. The van der Waals surface area contributed by atoms with Gasteiger partial charge in [0.05, 0.1) is 0 Å². The number of halogens is 2. The molecular formula is C12H12F2O2. The van der Waals surface area contributed by atoms with Crippen molar-refractivity contribution in [2.75, 3.05) is 0 Å². The molecule has 0 aliphatic heterocycles. The lowest BCUT2D eigenvalue weighted by atomic mass is 10.00. The summed E-state index contributed by atoms with van der Waals surface area (Å²) in [5.74, 6) is -3.45. The summed E-state index contributed by atoms with van der Waals surface area (Å²) in [7, 11) is 0. The van der Waals surface area contributed by atoms with Crippen LogP contribution in [0.2, 0.25) is 0 Å². The van der Waals surface area contributed by atoms with E-state index in [-0.39, 0.29) is 17.9 Å². The first kappa shape index (κ1) is 12.5. The lowest BCUT2D eigenvalue weighted by Crippen LogP contribution is -2.16. The second-order valence-electron chi connectivity index (χ2n) is 3.98. The fourth-order valence-electron chi connectivity index (χ4n) is 1.26. The van der Waals surface area contributed by atoms with Gasteiger partial charge in [-0.25, -0.2) is 8.78 Å². The van der Waals surface area contributed by atoms with Crippen molar-refractivity contribution in [2.45, 2.75) is 20.3 Å². The third kappa shape index (κ3) is 2.95. The van der Waals surface area contributed by atoms with Crippen molar-refractivity contribution in [3.05, 3.63) is 35.4 Å². The molecule has 0 aliphatic carbocycles. The highest BCUT2D eigenvalue weighted by Crippen LogP contribution is 2.11. The third-order valence-corrected chi connectivity index (χ3v) is 2.03. The SMILES string of the molecule is CC(C)CC(=O)C(=O)c1ccc(F)c(F)c1. The van der Waals surface area contributed by atoms with Crippen molar-refractivity contribution in [1.82, 2.24) is 0 Å². The Morgan fingerprint density at radius 2 is 1.81 bits per heavy atom. The molecule has 1 aromatic carbocycles. The minimum absolute atomic E-state index is 0.0572. The minimum atomic E-state index is -1.12. The average Bonchev–Trinajstić information content (AvgIpc) is 2.20. The van der Waals surface area contributed by atoms with Crippen molar-refractivity contribution in [2.24, 2.45) is 5.92 Å². The zero-order valence-corrected chi connectivity index (χ0v) is 9.09. The Kier molecular flexibility index (Phi) is 3.88. The van der Waals surface area contributed by atoms with Gasteiger partial charge in [0.25, 0.3) is 0 Å². The molecular weight excluding hydrogens is 214 g/mol. The third-order valence-electron chi connectivity index (χ3n) is 2.03. The second-order valence-corrected chi connectivity index (χ2v) is 3.98. The number of carbonyl (C=O) groups is 2. The normalized spacial score (nSPS) is 10.6. The maximum absolute atomic E-state index is 12.8. The van der Waals surface area contributed by atoms with E-state index in [1.807, 2.05) is 0 Å². The molecule has 0 amide bonds. The van der Waals surface area contributed by atoms with Crippen LogP contribution in [0.4, 0.5) is 8.78 Å². The standard InChI is InChI=1S/C12H12F2O2/c1-7(2)5-11(15)12(16)8-3-4-9(13)10(14)6-8/h3-4,6-7H,5H2,1-2H3. The van der Waals surface area contributed by atoms with Crippen LogP contribution in [0.3, 0.4) is 0 Å². The Hall–Kier alpha value is -1.58. The molecule has 0 atom stereocenters. The minimum Gasteiger partial charge on any atom is -0.290 e. The Labute approximate surface area is 92.3 Å². The van der Waals surface area contributed by atoms with E-state index in [2.05, 4.69) is 0 Å². The number of ketones is 2. The van der Waals surface area contributed by atoms with Gasteiger partial charge in [-0.1, -0.05) is 13.8 Å². The number of carbonyl (C=O) groups excluding carboxylic acids is 2. The fraction of sp³-hybridized carbons (Fsp3) is 0.333. The highest BCUT2D eigenvalue weighted by molar-refractivity contribution is 6.43. The van der Waals surface area contributed by atoms with Crippen LogP contribution in [-0.4, -0.2) is 11.6 Å². The molecule has 86 valence electrons. The number of hydrogen-bond donors (Lipinski definition) is 0. The van der Waals surface area contributed by atoms with Crippen LogP contribution in [0, 0.1) is 17.6 Å². The molecule has 0 fully saturated rings. The predicted octanol–water partition coefficient (Wildman–Crippen LogP) is 2.76. The molecule has 0 heterocycles. The fourth-order valence-corrected chi connectivity index (χ4v) is 1.26. The first-order chi connectivity index (χ1) is 7.41. The summed E-state index contributed by atoms with van der Waals surface area (Å²) >= 11 is 0. The molecule has 0 spiro atoms. The molecule has 0 aliphatic rings. The van der Waals surface area contributed by atoms with E-state index in [1.165, 1.54) is 0 Å². The molecule has 1 aromatic rings. The monoisotopic (exact) mass is 226 g/mol. The van der Waals surface area contributed by atoms with Gasteiger partial charge in [0, 0.05) is 12.0 Å². The molecule has 0 radical (unpaired) electrons. The Bertz CT molecular complexity index is 425. The van der Waals surface area contributed by atoms with Gasteiger partial charge in [-0.05, 0) is 24.1 Å². The van der Waals surface area contributed by atoms with Gasteiger partial charge in [0.2, 0.25) is 11.6 Å². The van der Waals surface area contributed by atoms with Crippen LogP contribution in [0.25, 0.3) is 0 Å². The van der Waals surface area contributed by atoms with Crippen molar-refractivity contribution < 1.29 is 18.4 Å². The zero-order chi connectivity index (χ0) is 12.3. The summed E-state index contributed by atoms with van der Waals surface area (Å²) in [6.07, 6.45) is 0.109.